The summed E-state index contributed by atoms with van der Waals surface area (Å²) in [5, 5.41) is 10.2. The molecule has 1 N–H and O–H groups in total. The van der Waals surface area contributed by atoms with E-state index in [2.05, 4.69) is 19.0 Å². The molecule has 2 aromatic rings. The standard InChI is InChI=1S/C17H19ClN2O2/c1-20(2)11-4-3-10(9-11)14-7-5-12-15(19-14)8-6-13(18)16(12)17(21)22/h5-8,10-11H,3-4,9H2,1-2H3,(H,21,22). The first kappa shape index (κ1) is 15.3. The fraction of sp³-hybridized carbons (Fsp3) is 0.412. The van der Waals surface area contributed by atoms with Gasteiger partial charge in [-0.2, -0.15) is 0 Å². The van der Waals surface area contributed by atoms with E-state index < -0.39 is 5.97 Å². The van der Waals surface area contributed by atoms with Gasteiger partial charge in [0.2, 0.25) is 0 Å². The van der Waals surface area contributed by atoms with E-state index in [1.54, 1.807) is 12.1 Å². The smallest absolute Gasteiger partial charge is 0.337 e. The van der Waals surface area contributed by atoms with Crippen LogP contribution in [0.4, 0.5) is 0 Å². The molecular formula is C17H19ClN2O2. The van der Waals surface area contributed by atoms with Gasteiger partial charge in [0, 0.05) is 23.0 Å². The zero-order valence-electron chi connectivity index (χ0n) is 12.7. The van der Waals surface area contributed by atoms with Crippen LogP contribution in [0.3, 0.4) is 0 Å². The van der Waals surface area contributed by atoms with Gasteiger partial charge < -0.3 is 10.0 Å². The average Bonchev–Trinajstić information content (AvgIpc) is 2.96. The van der Waals surface area contributed by atoms with Crippen molar-refractivity contribution in [2.24, 2.45) is 0 Å². The molecule has 0 spiro atoms. The number of halogens is 1. The second-order valence-electron chi connectivity index (χ2n) is 6.16. The van der Waals surface area contributed by atoms with E-state index in [0.29, 0.717) is 22.9 Å². The molecule has 4 nitrogen and oxygen atoms in total. The molecule has 5 heteroatoms. The Morgan fingerprint density at radius 2 is 2.05 bits per heavy atom. The summed E-state index contributed by atoms with van der Waals surface area (Å²) in [4.78, 5) is 18.3. The lowest BCUT2D eigenvalue weighted by molar-refractivity contribution is 0.0699. The molecule has 1 aliphatic carbocycles. The van der Waals surface area contributed by atoms with Crippen molar-refractivity contribution in [2.45, 2.75) is 31.2 Å². The summed E-state index contributed by atoms with van der Waals surface area (Å²) in [5.41, 5.74) is 1.89. The summed E-state index contributed by atoms with van der Waals surface area (Å²) in [6.45, 7) is 0. The van der Waals surface area contributed by atoms with E-state index in [1.165, 1.54) is 6.42 Å². The molecular weight excluding hydrogens is 300 g/mol. The Morgan fingerprint density at radius 1 is 1.27 bits per heavy atom. The van der Waals surface area contributed by atoms with Gasteiger partial charge in [-0.25, -0.2) is 4.79 Å². The number of nitrogens with zero attached hydrogens (tertiary/aromatic N) is 2. The molecule has 0 aliphatic heterocycles. The predicted octanol–water partition coefficient (Wildman–Crippen LogP) is 3.78. The molecule has 1 aliphatic rings. The third kappa shape index (κ3) is 2.69. The highest BCUT2D eigenvalue weighted by Gasteiger charge is 2.28. The second kappa shape index (κ2) is 5.86. The molecule has 1 fully saturated rings. The third-order valence-corrected chi connectivity index (χ3v) is 4.92. The van der Waals surface area contributed by atoms with Gasteiger partial charge >= 0.3 is 5.97 Å². The number of carbonyl (C=O) groups is 1. The molecule has 2 unspecified atom stereocenters. The van der Waals surface area contributed by atoms with E-state index in [0.717, 1.165) is 18.5 Å². The molecule has 116 valence electrons. The van der Waals surface area contributed by atoms with E-state index in [-0.39, 0.29) is 10.6 Å². The SMILES string of the molecule is CN(C)C1CCC(c2ccc3c(C(=O)O)c(Cl)ccc3n2)C1. The Kier molecular flexibility index (Phi) is 4.06. The number of rotatable bonds is 3. The van der Waals surface area contributed by atoms with Crippen LogP contribution in [0.15, 0.2) is 24.3 Å². The van der Waals surface area contributed by atoms with Crippen LogP contribution in [0.1, 0.15) is 41.2 Å². The number of aromatic nitrogens is 1. The van der Waals surface area contributed by atoms with E-state index in [9.17, 15) is 9.90 Å². The van der Waals surface area contributed by atoms with Gasteiger partial charge in [-0.1, -0.05) is 17.7 Å². The fourth-order valence-corrected chi connectivity index (χ4v) is 3.58. The highest BCUT2D eigenvalue weighted by molar-refractivity contribution is 6.35. The number of pyridine rings is 1. The molecule has 1 aromatic heterocycles. The lowest BCUT2D eigenvalue weighted by Gasteiger charge is -2.19. The van der Waals surface area contributed by atoms with Crippen LogP contribution in [0.5, 0.6) is 0 Å². The van der Waals surface area contributed by atoms with Crippen LogP contribution in [0.25, 0.3) is 10.9 Å². The molecule has 0 radical (unpaired) electrons. The Bertz CT molecular complexity index is 730. The molecule has 3 rings (SSSR count). The van der Waals surface area contributed by atoms with Crippen molar-refractivity contribution in [1.82, 2.24) is 9.88 Å². The highest BCUT2D eigenvalue weighted by atomic mass is 35.5. The van der Waals surface area contributed by atoms with Gasteiger partial charge in [-0.05, 0) is 51.6 Å². The minimum atomic E-state index is -1.02. The van der Waals surface area contributed by atoms with Crippen LogP contribution in [-0.2, 0) is 0 Å². The van der Waals surface area contributed by atoms with E-state index in [1.807, 2.05) is 12.1 Å². The zero-order chi connectivity index (χ0) is 15.9. The largest absolute Gasteiger partial charge is 0.478 e. The fourth-order valence-electron chi connectivity index (χ4n) is 3.33. The number of aromatic carboxylic acids is 1. The molecule has 1 heterocycles. The van der Waals surface area contributed by atoms with Crippen molar-refractivity contribution in [3.63, 3.8) is 0 Å². The van der Waals surface area contributed by atoms with Gasteiger partial charge in [0.15, 0.2) is 0 Å². The first-order chi connectivity index (χ1) is 10.5. The van der Waals surface area contributed by atoms with Crippen molar-refractivity contribution in [3.05, 3.63) is 40.5 Å². The van der Waals surface area contributed by atoms with Crippen LogP contribution in [-0.4, -0.2) is 41.1 Å². The summed E-state index contributed by atoms with van der Waals surface area (Å²) >= 11 is 6.00. The average molecular weight is 319 g/mol. The van der Waals surface area contributed by atoms with Crippen LogP contribution >= 0.6 is 11.6 Å². The molecule has 0 amide bonds. The maximum atomic E-state index is 11.4. The Labute approximate surface area is 134 Å². The molecule has 0 saturated heterocycles. The van der Waals surface area contributed by atoms with Gasteiger partial charge in [-0.3, -0.25) is 4.98 Å². The van der Waals surface area contributed by atoms with Gasteiger partial charge in [0.05, 0.1) is 16.1 Å². The summed E-state index contributed by atoms with van der Waals surface area (Å²) in [7, 11) is 4.23. The number of hydrogen-bond donors (Lipinski definition) is 1. The second-order valence-corrected chi connectivity index (χ2v) is 6.56. The number of benzene rings is 1. The molecule has 22 heavy (non-hydrogen) atoms. The van der Waals surface area contributed by atoms with Crippen LogP contribution in [0, 0.1) is 0 Å². The zero-order valence-corrected chi connectivity index (χ0v) is 13.5. The summed E-state index contributed by atoms with van der Waals surface area (Å²) in [5.74, 6) is -0.570. The minimum Gasteiger partial charge on any atom is -0.478 e. The van der Waals surface area contributed by atoms with Crippen molar-refractivity contribution < 1.29 is 9.90 Å². The molecule has 1 saturated carbocycles. The number of carboxylic acids is 1. The topological polar surface area (TPSA) is 53.4 Å². The van der Waals surface area contributed by atoms with Crippen molar-refractivity contribution in [2.75, 3.05) is 14.1 Å². The van der Waals surface area contributed by atoms with Crippen molar-refractivity contribution in [1.29, 1.82) is 0 Å². The van der Waals surface area contributed by atoms with E-state index >= 15 is 0 Å². The Morgan fingerprint density at radius 3 is 2.68 bits per heavy atom. The van der Waals surface area contributed by atoms with Gasteiger partial charge in [0.1, 0.15) is 0 Å². The summed E-state index contributed by atoms with van der Waals surface area (Å²) < 4.78 is 0. The lowest BCUT2D eigenvalue weighted by Crippen LogP contribution is -2.24. The number of fused-ring (bicyclic) bond motifs is 1. The lowest BCUT2D eigenvalue weighted by atomic mass is 10.0. The summed E-state index contributed by atoms with van der Waals surface area (Å²) in [6.07, 6.45) is 3.41. The number of hydrogen-bond acceptors (Lipinski definition) is 3. The first-order valence-corrected chi connectivity index (χ1v) is 7.84. The highest BCUT2D eigenvalue weighted by Crippen LogP contribution is 2.36. The maximum absolute atomic E-state index is 11.4. The van der Waals surface area contributed by atoms with Crippen LogP contribution in [0.2, 0.25) is 5.02 Å². The van der Waals surface area contributed by atoms with Crippen LogP contribution < -0.4 is 0 Å². The molecule has 0 bridgehead atoms. The van der Waals surface area contributed by atoms with E-state index in [4.69, 9.17) is 16.6 Å². The Hall–Kier alpha value is -1.65. The van der Waals surface area contributed by atoms with Gasteiger partial charge in [0.25, 0.3) is 0 Å². The molecule has 2 atom stereocenters. The first-order valence-electron chi connectivity index (χ1n) is 7.46. The predicted molar refractivity (Wildman–Crippen MR) is 87.8 cm³/mol. The maximum Gasteiger partial charge on any atom is 0.337 e. The van der Waals surface area contributed by atoms with Crippen molar-refractivity contribution >= 4 is 28.5 Å². The summed E-state index contributed by atoms with van der Waals surface area (Å²) in [6, 6.07) is 7.80. The molecule has 1 aromatic carbocycles. The Balaban J connectivity index is 1.98. The quantitative estimate of drug-likeness (QED) is 0.935. The monoisotopic (exact) mass is 318 g/mol. The van der Waals surface area contributed by atoms with Crippen molar-refractivity contribution in [3.8, 4) is 0 Å². The normalized spacial score (nSPS) is 21.6. The number of carboxylic acid groups (broad SMARTS) is 1. The van der Waals surface area contributed by atoms with Gasteiger partial charge in [-0.15, -0.1) is 0 Å². The minimum absolute atomic E-state index is 0.135. The third-order valence-electron chi connectivity index (χ3n) is 4.61.